The van der Waals surface area contributed by atoms with Gasteiger partial charge in [0.1, 0.15) is 23.5 Å². The van der Waals surface area contributed by atoms with E-state index in [0.29, 0.717) is 11.1 Å². The van der Waals surface area contributed by atoms with Crippen molar-refractivity contribution in [2.45, 2.75) is 26.5 Å². The molecule has 0 aliphatic carbocycles. The fraction of sp³-hybridized carbons (Fsp3) is 0.316. The maximum Gasteiger partial charge on any atom is 0.341 e. The molecule has 0 fully saturated rings. The van der Waals surface area contributed by atoms with E-state index in [2.05, 4.69) is 10.5 Å². The Morgan fingerprint density at radius 2 is 2.04 bits per heavy atom. The molecule has 1 amide bonds. The van der Waals surface area contributed by atoms with E-state index in [9.17, 15) is 14.7 Å². The highest BCUT2D eigenvalue weighted by molar-refractivity contribution is 6.22. The van der Waals surface area contributed by atoms with Crippen LogP contribution in [0.2, 0.25) is 0 Å². The summed E-state index contributed by atoms with van der Waals surface area (Å²) in [6, 6.07) is 6.61. The van der Waals surface area contributed by atoms with Crippen LogP contribution in [0, 0.1) is 0 Å². The molecule has 1 heterocycles. The Balaban J connectivity index is 2.21. The third-order valence-corrected chi connectivity index (χ3v) is 3.97. The number of rotatable bonds is 7. The van der Waals surface area contributed by atoms with Crippen LogP contribution < -0.4 is 5.32 Å². The Morgan fingerprint density at radius 3 is 2.63 bits per heavy atom. The lowest BCUT2D eigenvalue weighted by Crippen LogP contribution is -2.26. The van der Waals surface area contributed by atoms with Gasteiger partial charge in [0.05, 0.1) is 32.2 Å². The van der Waals surface area contributed by atoms with Crippen LogP contribution in [0.5, 0.6) is 0 Å². The van der Waals surface area contributed by atoms with Crippen molar-refractivity contribution in [3.8, 4) is 0 Å². The number of carbonyl (C=O) groups is 2. The zero-order valence-corrected chi connectivity index (χ0v) is 15.6. The normalized spacial score (nSPS) is 17.6. The summed E-state index contributed by atoms with van der Waals surface area (Å²) in [7, 11) is 2.72. The van der Waals surface area contributed by atoms with Gasteiger partial charge in [-0.2, -0.15) is 0 Å². The van der Waals surface area contributed by atoms with Crippen LogP contribution in [0.3, 0.4) is 0 Å². The second-order valence-corrected chi connectivity index (χ2v) is 5.82. The van der Waals surface area contributed by atoms with E-state index in [-0.39, 0.29) is 29.2 Å². The van der Waals surface area contributed by atoms with Crippen LogP contribution >= 0.6 is 0 Å². The van der Waals surface area contributed by atoms with Gasteiger partial charge in [0.2, 0.25) is 0 Å². The standard InChI is InChI=1S/C19H22N2O6/c1-11(16-17(22)12(2)20-18(16)23)21-27-9-13-7-5-6-8-14(13)15(10-25-3)19(24)26-4/h5-8,10,12,22H,9H2,1-4H3,(H,20,23)/b15-10+,21-11?/t12-/m0/s1. The highest BCUT2D eigenvalue weighted by atomic mass is 16.6. The van der Waals surface area contributed by atoms with E-state index in [0.717, 1.165) is 0 Å². The number of methoxy groups -OCH3 is 2. The van der Waals surface area contributed by atoms with E-state index in [1.807, 2.05) is 0 Å². The fourth-order valence-electron chi connectivity index (χ4n) is 2.62. The van der Waals surface area contributed by atoms with Crippen molar-refractivity contribution in [1.82, 2.24) is 5.32 Å². The molecule has 0 saturated heterocycles. The number of nitrogens with zero attached hydrogens (tertiary/aromatic N) is 1. The Labute approximate surface area is 157 Å². The zero-order valence-electron chi connectivity index (χ0n) is 15.6. The molecular formula is C19H22N2O6. The smallest absolute Gasteiger partial charge is 0.341 e. The molecule has 27 heavy (non-hydrogen) atoms. The maximum atomic E-state index is 12.0. The second-order valence-electron chi connectivity index (χ2n) is 5.82. The number of ether oxygens (including phenoxy) is 2. The van der Waals surface area contributed by atoms with Crippen molar-refractivity contribution in [1.29, 1.82) is 0 Å². The van der Waals surface area contributed by atoms with E-state index in [1.165, 1.54) is 20.5 Å². The summed E-state index contributed by atoms with van der Waals surface area (Å²) in [5.74, 6) is -1.02. The minimum absolute atomic E-state index is 0.0385. The van der Waals surface area contributed by atoms with Crippen molar-refractivity contribution in [2.24, 2.45) is 5.16 Å². The lowest BCUT2D eigenvalue weighted by atomic mass is 10.0. The third kappa shape index (κ3) is 4.46. The summed E-state index contributed by atoms with van der Waals surface area (Å²) in [5, 5.41) is 16.5. The Kier molecular flexibility index (Phi) is 6.59. The molecule has 2 N–H and O–H groups in total. The third-order valence-electron chi connectivity index (χ3n) is 3.97. The van der Waals surface area contributed by atoms with Crippen LogP contribution in [0.4, 0.5) is 0 Å². The topological polar surface area (TPSA) is 106 Å². The van der Waals surface area contributed by atoms with E-state index < -0.39 is 17.9 Å². The van der Waals surface area contributed by atoms with Crippen molar-refractivity contribution in [3.63, 3.8) is 0 Å². The number of oxime groups is 1. The van der Waals surface area contributed by atoms with Crippen LogP contribution in [0.15, 0.2) is 47.0 Å². The number of benzene rings is 1. The molecule has 0 bridgehead atoms. The number of aliphatic hydroxyl groups is 1. The van der Waals surface area contributed by atoms with Gasteiger partial charge in [-0.05, 0) is 19.4 Å². The van der Waals surface area contributed by atoms with E-state index in [4.69, 9.17) is 14.3 Å². The second kappa shape index (κ2) is 8.88. The molecule has 1 aliphatic heterocycles. The molecule has 1 aromatic rings. The first-order chi connectivity index (χ1) is 12.9. The highest BCUT2D eigenvalue weighted by Gasteiger charge is 2.30. The minimum atomic E-state index is -0.546. The van der Waals surface area contributed by atoms with Gasteiger partial charge in [-0.1, -0.05) is 29.4 Å². The number of hydrogen-bond acceptors (Lipinski definition) is 7. The SMILES string of the molecule is CO/C=C(/C(=O)OC)c1ccccc1CON=C(C)C1=C(O)[C@H](C)NC1=O. The Morgan fingerprint density at radius 1 is 1.33 bits per heavy atom. The lowest BCUT2D eigenvalue weighted by molar-refractivity contribution is -0.133. The number of amides is 1. The molecule has 1 aromatic carbocycles. The van der Waals surface area contributed by atoms with Gasteiger partial charge < -0.3 is 24.7 Å². The first kappa shape index (κ1) is 20.0. The van der Waals surface area contributed by atoms with Crippen molar-refractivity contribution in [2.75, 3.05) is 14.2 Å². The quantitative estimate of drug-likeness (QED) is 0.249. The molecule has 0 saturated carbocycles. The molecule has 1 aliphatic rings. The summed E-state index contributed by atoms with van der Waals surface area (Å²) in [5.41, 5.74) is 1.85. The summed E-state index contributed by atoms with van der Waals surface area (Å²) >= 11 is 0. The highest BCUT2D eigenvalue weighted by Crippen LogP contribution is 2.22. The van der Waals surface area contributed by atoms with Crippen LogP contribution in [0.25, 0.3) is 5.57 Å². The predicted molar refractivity (Wildman–Crippen MR) is 98.6 cm³/mol. The van der Waals surface area contributed by atoms with Gasteiger partial charge in [0.25, 0.3) is 5.91 Å². The lowest BCUT2D eigenvalue weighted by Gasteiger charge is -2.11. The van der Waals surface area contributed by atoms with Gasteiger partial charge in [-0.15, -0.1) is 0 Å². The van der Waals surface area contributed by atoms with Crippen LogP contribution in [0.1, 0.15) is 25.0 Å². The molecule has 0 unspecified atom stereocenters. The molecule has 0 aromatic heterocycles. The number of nitrogens with one attached hydrogen (secondary N) is 1. The monoisotopic (exact) mass is 374 g/mol. The molecule has 0 radical (unpaired) electrons. The summed E-state index contributed by atoms with van der Waals surface area (Å²) in [6.07, 6.45) is 1.30. The van der Waals surface area contributed by atoms with Gasteiger partial charge in [-0.25, -0.2) is 4.79 Å². The fourth-order valence-corrected chi connectivity index (χ4v) is 2.62. The number of hydrogen-bond donors (Lipinski definition) is 2. The minimum Gasteiger partial charge on any atom is -0.509 e. The van der Waals surface area contributed by atoms with Crippen LogP contribution in [-0.4, -0.2) is 43.0 Å². The van der Waals surface area contributed by atoms with Gasteiger partial charge in [0.15, 0.2) is 0 Å². The van der Waals surface area contributed by atoms with Gasteiger partial charge in [0, 0.05) is 5.56 Å². The molecule has 8 nitrogen and oxygen atoms in total. The van der Waals surface area contributed by atoms with Gasteiger partial charge >= 0.3 is 5.97 Å². The van der Waals surface area contributed by atoms with Crippen molar-refractivity contribution in [3.05, 3.63) is 53.0 Å². The van der Waals surface area contributed by atoms with Crippen molar-refractivity contribution < 1.29 is 29.0 Å². The molecular weight excluding hydrogens is 352 g/mol. The molecule has 1 atom stereocenters. The summed E-state index contributed by atoms with van der Waals surface area (Å²) in [4.78, 5) is 29.2. The van der Waals surface area contributed by atoms with Crippen LogP contribution in [-0.2, 0) is 30.5 Å². The molecule has 0 spiro atoms. The number of aliphatic hydroxyl groups excluding tert-OH is 1. The zero-order chi connectivity index (χ0) is 20.0. The van der Waals surface area contributed by atoms with E-state index in [1.54, 1.807) is 38.1 Å². The average molecular weight is 374 g/mol. The molecule has 144 valence electrons. The number of carbonyl (C=O) groups excluding carboxylic acids is 2. The largest absolute Gasteiger partial charge is 0.509 e. The number of esters is 1. The summed E-state index contributed by atoms with van der Waals surface area (Å²) < 4.78 is 9.75. The van der Waals surface area contributed by atoms with E-state index >= 15 is 0 Å². The Bertz CT molecular complexity index is 825. The maximum absolute atomic E-state index is 12.0. The molecule has 8 heteroatoms. The Hall–Kier alpha value is -3.29. The molecule has 2 rings (SSSR count). The first-order valence-electron chi connectivity index (χ1n) is 8.21. The summed E-state index contributed by atoms with van der Waals surface area (Å²) in [6.45, 7) is 3.28. The predicted octanol–water partition coefficient (Wildman–Crippen LogP) is 2.07. The van der Waals surface area contributed by atoms with Crippen molar-refractivity contribution >= 4 is 23.2 Å². The first-order valence-corrected chi connectivity index (χ1v) is 8.21. The average Bonchev–Trinajstić information content (AvgIpc) is 2.91. The van der Waals surface area contributed by atoms with Gasteiger partial charge in [-0.3, -0.25) is 4.79 Å².